The number of ether oxygens (including phenoxy) is 4. The highest BCUT2D eigenvalue weighted by Gasteiger charge is 2.43. The van der Waals surface area contributed by atoms with Crippen LogP contribution in [0.4, 0.5) is 52.7 Å². The average Bonchev–Trinajstić information content (AvgIpc) is 2.37. The second-order valence-corrected chi connectivity index (χ2v) is 4.25. The van der Waals surface area contributed by atoms with Gasteiger partial charge in [0.05, 0.1) is 0 Å². The van der Waals surface area contributed by atoms with Crippen LogP contribution < -0.4 is 18.9 Å². The third kappa shape index (κ3) is 7.47. The molecule has 0 bridgehead atoms. The number of alkyl halides is 12. The van der Waals surface area contributed by atoms with Gasteiger partial charge in [-0.2, -0.15) is 0 Å². The van der Waals surface area contributed by atoms with E-state index in [1.807, 2.05) is 0 Å². The van der Waals surface area contributed by atoms with Crippen molar-refractivity contribution >= 4 is 6.29 Å². The largest absolute Gasteiger partial charge is 0.573 e. The molecule has 0 unspecified atom stereocenters. The van der Waals surface area contributed by atoms with Crippen molar-refractivity contribution in [1.29, 1.82) is 0 Å². The fourth-order valence-corrected chi connectivity index (χ4v) is 1.57. The molecule has 0 aliphatic carbocycles. The van der Waals surface area contributed by atoms with Gasteiger partial charge in [0.2, 0.25) is 0 Å². The number of halogens is 12. The second kappa shape index (κ2) is 7.34. The van der Waals surface area contributed by atoms with Crippen molar-refractivity contribution in [3.8, 4) is 23.0 Å². The highest BCUT2D eigenvalue weighted by atomic mass is 19.4. The van der Waals surface area contributed by atoms with E-state index in [9.17, 15) is 57.5 Å². The zero-order valence-electron chi connectivity index (χ0n) is 12.2. The zero-order valence-corrected chi connectivity index (χ0v) is 12.2. The van der Waals surface area contributed by atoms with E-state index in [0.717, 1.165) is 0 Å². The highest BCUT2D eigenvalue weighted by molar-refractivity contribution is 5.87. The number of hydrogen-bond donors (Lipinski definition) is 0. The lowest BCUT2D eigenvalue weighted by Crippen LogP contribution is -2.25. The van der Waals surface area contributed by atoms with Crippen LogP contribution >= 0.6 is 0 Å². The predicted molar refractivity (Wildman–Crippen MR) is 58.6 cm³/mol. The molecule has 0 heterocycles. The molecule has 0 spiro atoms. The number of carbonyl (C=O) groups excluding carboxylic acids is 1. The first-order valence-corrected chi connectivity index (χ1v) is 6.00. The molecular formula is C11H2F12O5. The minimum atomic E-state index is -5.90. The van der Waals surface area contributed by atoms with Gasteiger partial charge in [0.15, 0.2) is 29.3 Å². The molecule has 0 amide bonds. The third-order valence-electron chi connectivity index (χ3n) is 2.20. The quantitative estimate of drug-likeness (QED) is 0.470. The van der Waals surface area contributed by atoms with Crippen molar-refractivity contribution in [2.24, 2.45) is 0 Å². The van der Waals surface area contributed by atoms with Crippen molar-refractivity contribution in [1.82, 2.24) is 0 Å². The molecule has 0 aliphatic rings. The van der Waals surface area contributed by atoms with E-state index in [1.165, 1.54) is 0 Å². The standard InChI is InChI=1S/C11H2F12O5/c12-8(13,14)25-4-1-5(26-9(15,16)17)7(28-11(21,22)23)3(2-24)6(4)27-10(18,19)20/h1-2H. The number of benzene rings is 1. The van der Waals surface area contributed by atoms with Gasteiger partial charge in [-0.15, -0.1) is 52.7 Å². The maximum atomic E-state index is 12.4. The molecule has 0 radical (unpaired) electrons. The SMILES string of the molecule is O=Cc1c(OC(F)(F)F)c(OC(F)(F)F)cc(OC(F)(F)F)c1OC(F)(F)F. The minimum absolute atomic E-state index is 0.684. The number of rotatable bonds is 5. The summed E-state index contributed by atoms with van der Waals surface area (Å²) < 4.78 is 160. The van der Waals surface area contributed by atoms with Gasteiger partial charge in [-0.1, -0.05) is 0 Å². The van der Waals surface area contributed by atoms with Crippen molar-refractivity contribution in [2.75, 3.05) is 0 Å². The van der Waals surface area contributed by atoms with E-state index in [0.29, 0.717) is 0 Å². The summed E-state index contributed by atoms with van der Waals surface area (Å²) >= 11 is 0. The Bertz CT molecular complexity index is 661. The molecule has 0 N–H and O–H groups in total. The van der Waals surface area contributed by atoms with Crippen LogP contribution in [-0.2, 0) is 0 Å². The van der Waals surface area contributed by atoms with Crippen LogP contribution in [0.15, 0.2) is 6.07 Å². The fourth-order valence-electron chi connectivity index (χ4n) is 1.57. The predicted octanol–water partition coefficient (Wildman–Crippen LogP) is 5.09. The summed E-state index contributed by atoms with van der Waals surface area (Å²) in [5.74, 6) is -9.23. The normalized spacial score (nSPS) is 13.1. The summed E-state index contributed by atoms with van der Waals surface area (Å²) in [5, 5.41) is 0. The Kier molecular flexibility index (Phi) is 6.11. The number of aldehydes is 1. The lowest BCUT2D eigenvalue weighted by molar-refractivity contribution is -0.291. The number of hydrogen-bond acceptors (Lipinski definition) is 5. The molecule has 0 fully saturated rings. The lowest BCUT2D eigenvalue weighted by atomic mass is 10.1. The molecule has 0 atom stereocenters. The van der Waals surface area contributed by atoms with Crippen molar-refractivity contribution in [3.05, 3.63) is 11.6 Å². The molecule has 28 heavy (non-hydrogen) atoms. The van der Waals surface area contributed by atoms with Crippen LogP contribution in [0.3, 0.4) is 0 Å². The highest BCUT2D eigenvalue weighted by Crippen LogP contribution is 2.49. The van der Waals surface area contributed by atoms with Gasteiger partial charge in [0.1, 0.15) is 5.56 Å². The Labute approximate surface area is 144 Å². The molecule has 1 rings (SSSR count). The molecule has 0 aliphatic heterocycles. The van der Waals surface area contributed by atoms with Gasteiger partial charge in [0, 0.05) is 6.07 Å². The Balaban J connectivity index is 3.84. The van der Waals surface area contributed by atoms with E-state index < -0.39 is 66.4 Å². The molecule has 17 heteroatoms. The number of carbonyl (C=O) groups is 1. The summed E-state index contributed by atoms with van der Waals surface area (Å²) in [4.78, 5) is 10.9. The van der Waals surface area contributed by atoms with Crippen molar-refractivity contribution in [3.63, 3.8) is 0 Å². The zero-order chi connectivity index (χ0) is 22.1. The molecule has 0 aromatic heterocycles. The minimum Gasteiger partial charge on any atom is -0.402 e. The van der Waals surface area contributed by atoms with E-state index in [1.54, 1.807) is 0 Å². The molecular weight excluding hydrogens is 440 g/mol. The van der Waals surface area contributed by atoms with Crippen LogP contribution in [0.2, 0.25) is 0 Å². The molecule has 1 aromatic rings. The van der Waals surface area contributed by atoms with Crippen LogP contribution in [0.1, 0.15) is 10.4 Å². The Hall–Kier alpha value is -2.75. The topological polar surface area (TPSA) is 54.0 Å². The molecule has 160 valence electrons. The second-order valence-electron chi connectivity index (χ2n) is 4.25. The van der Waals surface area contributed by atoms with E-state index in [2.05, 4.69) is 18.9 Å². The third-order valence-corrected chi connectivity index (χ3v) is 2.20. The van der Waals surface area contributed by atoms with Gasteiger partial charge >= 0.3 is 25.4 Å². The molecule has 0 saturated heterocycles. The molecule has 1 aromatic carbocycles. The van der Waals surface area contributed by atoms with Crippen molar-refractivity contribution < 1.29 is 76.4 Å². The Morgan fingerprint density at radius 1 is 0.571 bits per heavy atom. The van der Waals surface area contributed by atoms with Gasteiger partial charge in [-0.05, 0) is 0 Å². The van der Waals surface area contributed by atoms with Crippen LogP contribution in [0.25, 0.3) is 0 Å². The molecule has 0 saturated carbocycles. The summed E-state index contributed by atoms with van der Waals surface area (Å²) in [6.07, 6.45) is -24.5. The van der Waals surface area contributed by atoms with E-state index in [4.69, 9.17) is 0 Å². The Morgan fingerprint density at radius 2 is 0.857 bits per heavy atom. The first-order chi connectivity index (χ1) is 12.3. The first-order valence-electron chi connectivity index (χ1n) is 6.00. The Morgan fingerprint density at radius 3 is 1.07 bits per heavy atom. The maximum absolute atomic E-state index is 12.4. The van der Waals surface area contributed by atoms with Crippen LogP contribution in [0, 0.1) is 0 Å². The van der Waals surface area contributed by atoms with Gasteiger partial charge < -0.3 is 18.9 Å². The average molecular weight is 442 g/mol. The maximum Gasteiger partial charge on any atom is 0.573 e. The van der Waals surface area contributed by atoms with Gasteiger partial charge in [-0.3, -0.25) is 4.79 Å². The van der Waals surface area contributed by atoms with Crippen LogP contribution in [0.5, 0.6) is 23.0 Å². The monoisotopic (exact) mass is 442 g/mol. The van der Waals surface area contributed by atoms with Gasteiger partial charge in [-0.25, -0.2) is 0 Å². The summed E-state index contributed by atoms with van der Waals surface area (Å²) in [7, 11) is 0. The van der Waals surface area contributed by atoms with Gasteiger partial charge in [0.25, 0.3) is 0 Å². The summed E-state index contributed by atoms with van der Waals surface area (Å²) in [6.45, 7) is 0. The van der Waals surface area contributed by atoms with E-state index >= 15 is 0 Å². The van der Waals surface area contributed by atoms with Crippen LogP contribution in [-0.4, -0.2) is 31.7 Å². The first kappa shape index (κ1) is 23.3. The van der Waals surface area contributed by atoms with Crippen molar-refractivity contribution in [2.45, 2.75) is 25.4 Å². The van der Waals surface area contributed by atoms with E-state index in [-0.39, 0.29) is 0 Å². The summed E-state index contributed by atoms with van der Waals surface area (Å²) in [5.41, 5.74) is -2.16. The lowest BCUT2D eigenvalue weighted by Gasteiger charge is -2.22. The molecule has 5 nitrogen and oxygen atoms in total. The summed E-state index contributed by atoms with van der Waals surface area (Å²) in [6, 6.07) is -0.684. The smallest absolute Gasteiger partial charge is 0.402 e. The fraction of sp³-hybridized carbons (Fsp3) is 0.364.